The zero-order valence-electron chi connectivity index (χ0n) is 13.6. The number of aromatic nitrogens is 2. The molecule has 1 aromatic heterocycles. The molecule has 1 unspecified atom stereocenters. The molecule has 0 saturated heterocycles. The minimum Gasteiger partial charge on any atom is -0.477 e. The first kappa shape index (κ1) is 16.7. The van der Waals surface area contributed by atoms with Gasteiger partial charge in [0.25, 0.3) is 0 Å². The third-order valence-electron chi connectivity index (χ3n) is 3.40. The average Bonchev–Trinajstić information content (AvgIpc) is 2.37. The molecule has 0 amide bonds. The van der Waals surface area contributed by atoms with Gasteiger partial charge in [-0.15, -0.1) is 0 Å². The van der Waals surface area contributed by atoms with Crippen LogP contribution in [0.25, 0.3) is 0 Å². The third-order valence-corrected chi connectivity index (χ3v) is 3.40. The lowest BCUT2D eigenvalue weighted by Crippen LogP contribution is -2.18. The van der Waals surface area contributed by atoms with Crippen molar-refractivity contribution in [1.82, 2.24) is 9.97 Å². The number of rotatable bonds is 7. The molecule has 0 radical (unpaired) electrons. The molecule has 4 heteroatoms. The van der Waals surface area contributed by atoms with Crippen LogP contribution in [-0.4, -0.2) is 16.6 Å². The van der Waals surface area contributed by atoms with Crippen molar-refractivity contribution in [3.05, 3.63) is 11.9 Å². The maximum absolute atomic E-state index is 5.84. The van der Waals surface area contributed by atoms with Crippen LogP contribution in [0.3, 0.4) is 0 Å². The highest BCUT2D eigenvalue weighted by Gasteiger charge is 2.19. The molecule has 0 aliphatic rings. The average molecular weight is 279 g/mol. The molecule has 0 aliphatic heterocycles. The van der Waals surface area contributed by atoms with Gasteiger partial charge in [0.2, 0.25) is 5.88 Å². The molecule has 0 aliphatic carbocycles. The first-order valence-corrected chi connectivity index (χ1v) is 7.64. The molecular formula is C16H29N3O. The normalized spacial score (nSPS) is 13.2. The Morgan fingerprint density at radius 2 is 1.95 bits per heavy atom. The van der Waals surface area contributed by atoms with Gasteiger partial charge in [-0.05, 0) is 12.3 Å². The Morgan fingerprint density at radius 1 is 1.25 bits per heavy atom. The van der Waals surface area contributed by atoms with Gasteiger partial charge in [-0.3, -0.25) is 0 Å². The molecule has 1 rings (SSSR count). The molecule has 0 saturated carbocycles. The van der Waals surface area contributed by atoms with Crippen LogP contribution in [0, 0.1) is 5.92 Å². The van der Waals surface area contributed by atoms with E-state index in [1.807, 2.05) is 0 Å². The fraction of sp³-hybridized carbons (Fsp3) is 0.750. The topological polar surface area (TPSA) is 61.0 Å². The predicted octanol–water partition coefficient (Wildman–Crippen LogP) is 3.95. The monoisotopic (exact) mass is 279 g/mol. The van der Waals surface area contributed by atoms with Gasteiger partial charge in [-0.1, -0.05) is 53.9 Å². The molecule has 2 N–H and O–H groups in total. The van der Waals surface area contributed by atoms with Gasteiger partial charge in [0.1, 0.15) is 11.6 Å². The van der Waals surface area contributed by atoms with E-state index < -0.39 is 0 Å². The van der Waals surface area contributed by atoms with Crippen molar-refractivity contribution in [2.24, 2.45) is 5.92 Å². The number of unbranched alkanes of at least 4 members (excludes halogenated alkanes) is 1. The lowest BCUT2D eigenvalue weighted by molar-refractivity contribution is 0.224. The molecule has 0 aromatic carbocycles. The molecule has 20 heavy (non-hydrogen) atoms. The lowest BCUT2D eigenvalue weighted by atomic mass is 9.96. The SMILES string of the molecule is CCCCC(CC)COc1cc(N)nc(C(C)(C)C)n1. The highest BCUT2D eigenvalue weighted by molar-refractivity contribution is 5.34. The van der Waals surface area contributed by atoms with Crippen LogP contribution in [0.15, 0.2) is 6.07 Å². The van der Waals surface area contributed by atoms with Crippen LogP contribution >= 0.6 is 0 Å². The summed E-state index contributed by atoms with van der Waals surface area (Å²) in [6, 6.07) is 1.71. The Labute approximate surface area is 123 Å². The number of nitrogens with two attached hydrogens (primary N) is 1. The quantitative estimate of drug-likeness (QED) is 0.821. The van der Waals surface area contributed by atoms with Crippen LogP contribution in [0.4, 0.5) is 5.82 Å². The molecule has 0 bridgehead atoms. The minimum atomic E-state index is -0.125. The van der Waals surface area contributed by atoms with E-state index in [9.17, 15) is 0 Å². The van der Waals surface area contributed by atoms with E-state index in [0.717, 1.165) is 12.2 Å². The fourth-order valence-corrected chi connectivity index (χ4v) is 1.95. The van der Waals surface area contributed by atoms with Gasteiger partial charge in [-0.25, -0.2) is 4.98 Å². The van der Waals surface area contributed by atoms with Gasteiger partial charge in [-0.2, -0.15) is 4.98 Å². The van der Waals surface area contributed by atoms with E-state index in [-0.39, 0.29) is 5.41 Å². The smallest absolute Gasteiger partial charge is 0.218 e. The second-order valence-corrected chi connectivity index (χ2v) is 6.43. The Balaban J connectivity index is 2.70. The second-order valence-electron chi connectivity index (χ2n) is 6.43. The summed E-state index contributed by atoms with van der Waals surface area (Å²) in [5.41, 5.74) is 5.72. The van der Waals surface area contributed by atoms with E-state index in [1.165, 1.54) is 19.3 Å². The van der Waals surface area contributed by atoms with Crippen LogP contribution < -0.4 is 10.5 Å². The van der Waals surface area contributed by atoms with Crippen molar-refractivity contribution in [1.29, 1.82) is 0 Å². The van der Waals surface area contributed by atoms with E-state index in [0.29, 0.717) is 24.2 Å². The number of nitrogen functional groups attached to an aromatic ring is 1. The van der Waals surface area contributed by atoms with Gasteiger partial charge >= 0.3 is 0 Å². The molecule has 114 valence electrons. The third kappa shape index (κ3) is 5.35. The largest absolute Gasteiger partial charge is 0.477 e. The van der Waals surface area contributed by atoms with Gasteiger partial charge < -0.3 is 10.5 Å². The summed E-state index contributed by atoms with van der Waals surface area (Å²) >= 11 is 0. The Bertz CT molecular complexity index is 413. The number of nitrogens with zero attached hydrogens (tertiary/aromatic N) is 2. The van der Waals surface area contributed by atoms with Crippen molar-refractivity contribution in [3.63, 3.8) is 0 Å². The fourth-order valence-electron chi connectivity index (χ4n) is 1.95. The number of ether oxygens (including phenoxy) is 1. The van der Waals surface area contributed by atoms with Gasteiger partial charge in [0.15, 0.2) is 0 Å². The maximum atomic E-state index is 5.84. The first-order valence-electron chi connectivity index (χ1n) is 7.64. The van der Waals surface area contributed by atoms with E-state index in [1.54, 1.807) is 6.07 Å². The Kier molecular flexibility index (Phi) is 6.24. The van der Waals surface area contributed by atoms with Crippen molar-refractivity contribution >= 4 is 5.82 Å². The summed E-state index contributed by atoms with van der Waals surface area (Å²) < 4.78 is 5.84. The van der Waals surface area contributed by atoms with Crippen LogP contribution in [0.5, 0.6) is 5.88 Å². The number of hydrogen-bond donors (Lipinski definition) is 1. The first-order chi connectivity index (χ1) is 9.36. The summed E-state index contributed by atoms with van der Waals surface area (Å²) in [7, 11) is 0. The van der Waals surface area contributed by atoms with Crippen LogP contribution in [-0.2, 0) is 5.41 Å². The lowest BCUT2D eigenvalue weighted by Gasteiger charge is -2.19. The highest BCUT2D eigenvalue weighted by atomic mass is 16.5. The Hall–Kier alpha value is -1.32. The zero-order chi connectivity index (χ0) is 15.2. The standard InChI is InChI=1S/C16H29N3O/c1-6-8-9-12(7-2)11-20-14-10-13(17)18-15(19-14)16(3,4)5/h10,12H,6-9,11H2,1-5H3,(H2,17,18,19). The van der Waals surface area contributed by atoms with Crippen molar-refractivity contribution in [3.8, 4) is 5.88 Å². The minimum absolute atomic E-state index is 0.125. The van der Waals surface area contributed by atoms with Crippen molar-refractivity contribution in [2.75, 3.05) is 12.3 Å². The van der Waals surface area contributed by atoms with E-state index in [2.05, 4.69) is 44.6 Å². The summed E-state index contributed by atoms with van der Waals surface area (Å²) in [5, 5.41) is 0. The van der Waals surface area contributed by atoms with Gasteiger partial charge in [0, 0.05) is 11.5 Å². The number of anilines is 1. The molecule has 0 fully saturated rings. The molecule has 1 aromatic rings. The number of hydrogen-bond acceptors (Lipinski definition) is 4. The highest BCUT2D eigenvalue weighted by Crippen LogP contribution is 2.23. The summed E-state index contributed by atoms with van der Waals surface area (Å²) in [4.78, 5) is 8.77. The zero-order valence-corrected chi connectivity index (χ0v) is 13.6. The van der Waals surface area contributed by atoms with E-state index >= 15 is 0 Å². The summed E-state index contributed by atoms with van der Waals surface area (Å²) in [5.74, 6) is 2.39. The maximum Gasteiger partial charge on any atom is 0.218 e. The molecule has 0 spiro atoms. The molecule has 1 atom stereocenters. The second kappa shape index (κ2) is 7.46. The summed E-state index contributed by atoms with van der Waals surface area (Å²) in [6.07, 6.45) is 4.82. The molecule has 4 nitrogen and oxygen atoms in total. The van der Waals surface area contributed by atoms with Crippen molar-refractivity contribution < 1.29 is 4.74 Å². The summed E-state index contributed by atoms with van der Waals surface area (Å²) in [6.45, 7) is 11.3. The van der Waals surface area contributed by atoms with Crippen LogP contribution in [0.2, 0.25) is 0 Å². The predicted molar refractivity (Wildman–Crippen MR) is 83.9 cm³/mol. The molecule has 1 heterocycles. The van der Waals surface area contributed by atoms with Crippen LogP contribution in [0.1, 0.15) is 66.1 Å². The van der Waals surface area contributed by atoms with E-state index in [4.69, 9.17) is 10.5 Å². The van der Waals surface area contributed by atoms with Gasteiger partial charge in [0.05, 0.1) is 6.61 Å². The van der Waals surface area contributed by atoms with Crippen molar-refractivity contribution in [2.45, 2.75) is 65.7 Å². The Morgan fingerprint density at radius 3 is 2.50 bits per heavy atom. The molecular weight excluding hydrogens is 250 g/mol.